The maximum Gasteiger partial charge on any atom is 0.342 e. The number of ether oxygens (including phenoxy) is 1. The van der Waals surface area contributed by atoms with E-state index in [0.717, 1.165) is 11.6 Å². The molecule has 0 aliphatic heterocycles. The van der Waals surface area contributed by atoms with E-state index in [1.807, 2.05) is 19.1 Å². The Balaban J connectivity index is 1.72. The molecular weight excluding hydrogens is 334 g/mol. The Kier molecular flexibility index (Phi) is 4.75. The normalized spacial score (nSPS) is 10.5. The zero-order valence-corrected chi connectivity index (χ0v) is 14.0. The number of carbonyl (C=O) groups is 2. The number of aromatic hydroxyl groups is 2. The number of hydrogen-bond acceptors (Lipinski definition) is 5. The fourth-order valence-corrected chi connectivity index (χ4v) is 2.60. The van der Waals surface area contributed by atoms with Gasteiger partial charge in [0.25, 0.3) is 5.91 Å². The third-order valence-corrected chi connectivity index (χ3v) is 3.97. The summed E-state index contributed by atoms with van der Waals surface area (Å²) in [5.41, 5.74) is 1.30. The Bertz CT molecular complexity index is 997. The number of nitrogens with one attached hydrogen (secondary N) is 1. The first kappa shape index (κ1) is 17.3. The summed E-state index contributed by atoms with van der Waals surface area (Å²) in [5, 5.41) is 23.7. The number of carbonyl (C=O) groups excluding carboxylic acids is 2. The van der Waals surface area contributed by atoms with Gasteiger partial charge in [0.1, 0.15) is 17.1 Å². The lowest BCUT2D eigenvalue weighted by atomic mass is 10.0. The minimum atomic E-state index is -0.900. The van der Waals surface area contributed by atoms with Gasteiger partial charge in [0.05, 0.1) is 0 Å². The lowest BCUT2D eigenvalue weighted by Gasteiger charge is -2.11. The van der Waals surface area contributed by atoms with Gasteiger partial charge in [0.15, 0.2) is 6.61 Å². The quantitative estimate of drug-likeness (QED) is 0.495. The molecule has 0 bridgehead atoms. The summed E-state index contributed by atoms with van der Waals surface area (Å²) >= 11 is 0. The van der Waals surface area contributed by atoms with Crippen LogP contribution < -0.4 is 5.32 Å². The van der Waals surface area contributed by atoms with Gasteiger partial charge in [-0.05, 0) is 24.6 Å². The largest absolute Gasteiger partial charge is 0.507 e. The van der Waals surface area contributed by atoms with Crippen molar-refractivity contribution in [2.75, 3.05) is 11.9 Å². The number of phenolic OH excluding ortho intramolecular Hbond substituents is 2. The number of rotatable bonds is 4. The predicted octanol–water partition coefficient (Wildman–Crippen LogP) is 3.35. The summed E-state index contributed by atoms with van der Waals surface area (Å²) in [6, 6.07) is 14.9. The lowest BCUT2D eigenvalue weighted by molar-refractivity contribution is -0.119. The number of anilines is 1. The Hall–Kier alpha value is -3.54. The fourth-order valence-electron chi connectivity index (χ4n) is 2.60. The molecular formula is C20H17NO5. The summed E-state index contributed by atoms with van der Waals surface area (Å²) in [6.07, 6.45) is 0. The van der Waals surface area contributed by atoms with Crippen LogP contribution in [0.5, 0.6) is 11.5 Å². The molecule has 0 aliphatic carbocycles. The van der Waals surface area contributed by atoms with Crippen LogP contribution in [0.4, 0.5) is 5.69 Å². The summed E-state index contributed by atoms with van der Waals surface area (Å²) in [5.74, 6) is -1.86. The number of fused-ring (bicyclic) bond motifs is 1. The van der Waals surface area contributed by atoms with Gasteiger partial charge in [-0.3, -0.25) is 4.79 Å². The van der Waals surface area contributed by atoms with Gasteiger partial charge < -0.3 is 20.3 Å². The van der Waals surface area contributed by atoms with Gasteiger partial charge in [0, 0.05) is 16.5 Å². The van der Waals surface area contributed by atoms with E-state index in [1.54, 1.807) is 36.4 Å². The van der Waals surface area contributed by atoms with Crippen molar-refractivity contribution in [3.8, 4) is 11.5 Å². The molecule has 0 fully saturated rings. The number of benzene rings is 3. The zero-order chi connectivity index (χ0) is 18.7. The third kappa shape index (κ3) is 3.44. The molecule has 6 heteroatoms. The summed E-state index contributed by atoms with van der Waals surface area (Å²) < 4.78 is 4.96. The first-order valence-corrected chi connectivity index (χ1v) is 7.93. The first-order chi connectivity index (χ1) is 12.5. The number of hydrogen-bond donors (Lipinski definition) is 3. The minimum absolute atomic E-state index is 0.158. The molecule has 0 saturated heterocycles. The van der Waals surface area contributed by atoms with Crippen LogP contribution in [0.2, 0.25) is 0 Å². The Morgan fingerprint density at radius 1 is 1.00 bits per heavy atom. The molecule has 0 aromatic heterocycles. The van der Waals surface area contributed by atoms with Crippen molar-refractivity contribution < 1.29 is 24.5 Å². The topological polar surface area (TPSA) is 95.9 Å². The van der Waals surface area contributed by atoms with Gasteiger partial charge in [0.2, 0.25) is 0 Å². The van der Waals surface area contributed by atoms with Crippen molar-refractivity contribution >= 4 is 28.3 Å². The van der Waals surface area contributed by atoms with Gasteiger partial charge in [-0.1, -0.05) is 42.5 Å². The Labute approximate surface area is 149 Å². The summed E-state index contributed by atoms with van der Waals surface area (Å²) in [7, 11) is 0. The van der Waals surface area contributed by atoms with Crippen molar-refractivity contribution in [3.05, 3.63) is 65.7 Å². The van der Waals surface area contributed by atoms with Crippen molar-refractivity contribution in [1.82, 2.24) is 0 Å². The molecule has 0 saturated carbocycles. The molecule has 3 rings (SSSR count). The van der Waals surface area contributed by atoms with E-state index in [-0.39, 0.29) is 17.1 Å². The van der Waals surface area contributed by atoms with E-state index in [0.29, 0.717) is 16.5 Å². The second-order valence-electron chi connectivity index (χ2n) is 5.78. The Morgan fingerprint density at radius 2 is 1.65 bits per heavy atom. The first-order valence-electron chi connectivity index (χ1n) is 7.93. The molecule has 26 heavy (non-hydrogen) atoms. The van der Waals surface area contributed by atoms with Crippen LogP contribution in [0.3, 0.4) is 0 Å². The van der Waals surface area contributed by atoms with Gasteiger partial charge >= 0.3 is 5.97 Å². The highest BCUT2D eigenvalue weighted by Crippen LogP contribution is 2.35. The van der Waals surface area contributed by atoms with E-state index in [2.05, 4.69) is 5.32 Å². The number of phenols is 2. The van der Waals surface area contributed by atoms with E-state index in [9.17, 15) is 19.8 Å². The van der Waals surface area contributed by atoms with Gasteiger partial charge in [-0.2, -0.15) is 0 Å². The second kappa shape index (κ2) is 7.14. The minimum Gasteiger partial charge on any atom is -0.507 e. The molecule has 0 unspecified atom stereocenters. The number of amides is 1. The number of esters is 1. The van der Waals surface area contributed by atoms with Crippen LogP contribution in [0.15, 0.2) is 54.6 Å². The maximum absolute atomic E-state index is 12.2. The van der Waals surface area contributed by atoms with Crippen LogP contribution in [0.1, 0.15) is 15.9 Å². The molecule has 3 N–H and O–H groups in total. The monoisotopic (exact) mass is 351 g/mol. The Morgan fingerprint density at radius 3 is 2.38 bits per heavy atom. The molecule has 0 atom stereocenters. The molecule has 0 aliphatic rings. The van der Waals surface area contributed by atoms with E-state index in [4.69, 9.17) is 4.74 Å². The second-order valence-corrected chi connectivity index (χ2v) is 5.78. The number of para-hydroxylation sites is 1. The van der Waals surface area contributed by atoms with Crippen LogP contribution >= 0.6 is 0 Å². The van der Waals surface area contributed by atoms with Crippen LogP contribution in [-0.2, 0) is 9.53 Å². The fraction of sp³-hybridized carbons (Fsp3) is 0.100. The highest BCUT2D eigenvalue weighted by atomic mass is 16.5. The molecule has 1 amide bonds. The van der Waals surface area contributed by atoms with Crippen molar-refractivity contribution in [2.45, 2.75) is 6.92 Å². The molecule has 132 valence electrons. The van der Waals surface area contributed by atoms with Gasteiger partial charge in [-0.15, -0.1) is 0 Å². The van der Waals surface area contributed by atoms with Crippen molar-refractivity contribution in [2.24, 2.45) is 0 Å². The predicted molar refractivity (Wildman–Crippen MR) is 97.4 cm³/mol. The standard InChI is InChI=1S/C20H17NO5/c1-12-6-2-5-9-16(12)21-18(23)11-26-20(25)15-10-17(22)13-7-3-4-8-14(13)19(15)24/h2-10,22,24H,11H2,1H3,(H,21,23). The number of aryl methyl sites for hydroxylation is 1. The van der Waals surface area contributed by atoms with E-state index < -0.39 is 18.5 Å². The van der Waals surface area contributed by atoms with Crippen LogP contribution in [0.25, 0.3) is 10.8 Å². The van der Waals surface area contributed by atoms with E-state index >= 15 is 0 Å². The molecule has 0 radical (unpaired) electrons. The molecule has 0 heterocycles. The smallest absolute Gasteiger partial charge is 0.342 e. The highest BCUT2D eigenvalue weighted by molar-refractivity contribution is 6.04. The molecule has 3 aromatic rings. The molecule has 0 spiro atoms. The zero-order valence-electron chi connectivity index (χ0n) is 14.0. The summed E-state index contributed by atoms with van der Waals surface area (Å²) in [6.45, 7) is 1.33. The molecule has 6 nitrogen and oxygen atoms in total. The molecule has 3 aromatic carbocycles. The average Bonchev–Trinajstić information content (AvgIpc) is 2.64. The third-order valence-electron chi connectivity index (χ3n) is 3.97. The van der Waals surface area contributed by atoms with Crippen molar-refractivity contribution in [3.63, 3.8) is 0 Å². The highest BCUT2D eigenvalue weighted by Gasteiger charge is 2.19. The van der Waals surface area contributed by atoms with Crippen molar-refractivity contribution in [1.29, 1.82) is 0 Å². The van der Waals surface area contributed by atoms with E-state index in [1.165, 1.54) is 0 Å². The van der Waals surface area contributed by atoms with Gasteiger partial charge in [-0.25, -0.2) is 4.79 Å². The summed E-state index contributed by atoms with van der Waals surface area (Å²) in [4.78, 5) is 24.2. The van der Waals surface area contributed by atoms with Crippen LogP contribution in [-0.4, -0.2) is 28.7 Å². The SMILES string of the molecule is Cc1ccccc1NC(=O)COC(=O)c1cc(O)c2ccccc2c1O. The average molecular weight is 351 g/mol. The maximum atomic E-state index is 12.2. The van der Waals surface area contributed by atoms with Crippen LogP contribution in [0, 0.1) is 6.92 Å². The lowest BCUT2D eigenvalue weighted by Crippen LogP contribution is -2.21.